The van der Waals surface area contributed by atoms with Gasteiger partial charge in [-0.2, -0.15) is 4.31 Å². The fourth-order valence-electron chi connectivity index (χ4n) is 6.34. The number of likely N-dealkylation sites (tertiary alicyclic amines) is 1. The van der Waals surface area contributed by atoms with Crippen molar-refractivity contribution in [1.29, 1.82) is 0 Å². The Bertz CT molecular complexity index is 1760. The Morgan fingerprint density at radius 3 is 2.20 bits per heavy atom. The highest BCUT2D eigenvalue weighted by molar-refractivity contribution is 7.89. The van der Waals surface area contributed by atoms with Gasteiger partial charge in [-0.1, -0.05) is 29.8 Å². The smallest absolute Gasteiger partial charge is 0.410 e. The molecule has 2 aliphatic heterocycles. The number of amides is 2. The lowest BCUT2D eigenvalue weighted by atomic mass is 9.92. The summed E-state index contributed by atoms with van der Waals surface area (Å²) in [6.45, 7) is 10.2. The number of anilines is 1. The summed E-state index contributed by atoms with van der Waals surface area (Å²) in [5, 5.41) is 15.2. The van der Waals surface area contributed by atoms with E-state index < -0.39 is 33.2 Å². The van der Waals surface area contributed by atoms with Crippen LogP contribution in [0.3, 0.4) is 0 Å². The second-order valence-electron chi connectivity index (χ2n) is 13.9. The van der Waals surface area contributed by atoms with E-state index >= 15 is 0 Å². The molecule has 1 aromatic heterocycles. The molecule has 5 rings (SSSR count). The van der Waals surface area contributed by atoms with Crippen molar-refractivity contribution < 1.29 is 32.3 Å². The molecule has 1 unspecified atom stereocenters. The molecular weight excluding hydrogens is 650 g/mol. The van der Waals surface area contributed by atoms with Crippen LogP contribution in [0.1, 0.15) is 76.4 Å². The molecule has 2 fully saturated rings. The van der Waals surface area contributed by atoms with E-state index in [0.717, 1.165) is 11.1 Å². The number of rotatable bonds is 9. The molecule has 0 aliphatic carbocycles. The third kappa shape index (κ3) is 7.93. The van der Waals surface area contributed by atoms with Crippen LogP contribution in [0.15, 0.2) is 53.4 Å². The first-order chi connectivity index (χ1) is 23.1. The molecule has 264 valence electrons. The van der Waals surface area contributed by atoms with Crippen molar-refractivity contribution in [3.05, 3.63) is 65.5 Å². The first-order valence-corrected chi connectivity index (χ1v) is 17.9. The first kappa shape index (κ1) is 35.9. The molecule has 2 amide bonds. The van der Waals surface area contributed by atoms with Gasteiger partial charge in [0.1, 0.15) is 5.60 Å². The molecule has 2 saturated heterocycles. The minimum Gasteiger partial charge on any atom is -0.467 e. The molecule has 2 aromatic carbocycles. The fraction of sp³-hybridized carbons (Fsp3) is 0.529. The number of aromatic nitrogens is 4. The second-order valence-corrected chi connectivity index (χ2v) is 15.8. The third-order valence-corrected chi connectivity index (χ3v) is 10.9. The summed E-state index contributed by atoms with van der Waals surface area (Å²) in [5.74, 6) is -0.718. The van der Waals surface area contributed by atoms with Gasteiger partial charge in [0.15, 0.2) is 11.4 Å². The molecule has 1 N–H and O–H groups in total. The van der Waals surface area contributed by atoms with Crippen LogP contribution in [0.2, 0.25) is 0 Å². The van der Waals surface area contributed by atoms with Gasteiger partial charge < -0.3 is 19.7 Å². The number of methoxy groups -OCH3 is 1. The van der Waals surface area contributed by atoms with Crippen molar-refractivity contribution in [2.24, 2.45) is 5.92 Å². The van der Waals surface area contributed by atoms with E-state index in [-0.39, 0.29) is 35.1 Å². The Morgan fingerprint density at radius 2 is 1.59 bits per heavy atom. The molecule has 49 heavy (non-hydrogen) atoms. The minimum atomic E-state index is -3.86. The number of nitrogens with zero attached hydrogens (tertiary/aromatic N) is 6. The molecule has 14 nitrogen and oxygen atoms in total. The predicted octanol–water partition coefficient (Wildman–Crippen LogP) is 4.22. The van der Waals surface area contributed by atoms with Gasteiger partial charge in [-0.05, 0) is 101 Å². The summed E-state index contributed by atoms with van der Waals surface area (Å²) in [7, 11) is -2.58. The van der Waals surface area contributed by atoms with Gasteiger partial charge in [-0.25, -0.2) is 22.7 Å². The maximum atomic E-state index is 13.7. The zero-order valence-corrected chi connectivity index (χ0v) is 29.7. The predicted molar refractivity (Wildman–Crippen MR) is 180 cm³/mol. The number of tetrazole rings is 1. The number of carbonyl (C=O) groups excluding carboxylic acids is 3. The monoisotopic (exact) mass is 695 g/mol. The van der Waals surface area contributed by atoms with Gasteiger partial charge in [0, 0.05) is 37.7 Å². The normalized spacial score (nSPS) is 18.9. The Kier molecular flexibility index (Phi) is 10.4. The number of esters is 1. The van der Waals surface area contributed by atoms with Crippen LogP contribution < -0.4 is 5.32 Å². The van der Waals surface area contributed by atoms with Crippen molar-refractivity contribution in [3.8, 4) is 0 Å². The van der Waals surface area contributed by atoms with E-state index in [0.29, 0.717) is 51.0 Å². The van der Waals surface area contributed by atoms with Crippen LogP contribution in [0.4, 0.5) is 10.5 Å². The number of ether oxygens (including phenoxy) is 2. The number of hydrogen-bond acceptors (Lipinski definition) is 10. The molecule has 2 atom stereocenters. The Labute approximate surface area is 287 Å². The quantitative estimate of drug-likeness (QED) is 0.320. The zero-order chi connectivity index (χ0) is 35.6. The zero-order valence-electron chi connectivity index (χ0n) is 28.9. The minimum absolute atomic E-state index is 0.129. The number of hydrogen-bond donors (Lipinski definition) is 1. The van der Waals surface area contributed by atoms with Crippen LogP contribution in [0.5, 0.6) is 0 Å². The maximum Gasteiger partial charge on any atom is 0.410 e. The van der Waals surface area contributed by atoms with Gasteiger partial charge in [-0.15, -0.1) is 5.10 Å². The standard InChI is InChI=1S/C34H45N7O7S/c1-23-9-15-27(16-10-23)49(45,46)40-19-7-8-28(40)29-36-37-38-41(29)34(5,31(43)47-6)22-24-11-13-26(14-12-24)35-30(42)25-17-20-39(21-18-25)32(44)48-33(2,3)4/h9-16,25,28H,7-8,17-22H2,1-6H3,(H,35,42)/t28?,34-/m0/s1. The molecule has 0 spiro atoms. The lowest BCUT2D eigenvalue weighted by Gasteiger charge is -2.33. The SMILES string of the molecule is COC(=O)[C@](C)(Cc1ccc(NC(=O)C2CCN(C(=O)OC(C)(C)C)CC2)cc1)n1nnnc1C1CCCN1S(=O)(=O)c1ccc(C)cc1. The van der Waals surface area contributed by atoms with E-state index in [4.69, 9.17) is 9.47 Å². The van der Waals surface area contributed by atoms with Crippen molar-refractivity contribution >= 4 is 33.7 Å². The molecule has 0 bridgehead atoms. The van der Waals surface area contributed by atoms with Crippen LogP contribution in [-0.4, -0.2) is 88.1 Å². The van der Waals surface area contributed by atoms with Crippen LogP contribution >= 0.6 is 0 Å². The Balaban J connectivity index is 1.28. The van der Waals surface area contributed by atoms with Crippen molar-refractivity contribution in [2.45, 2.75) is 88.8 Å². The molecule has 3 aromatic rings. The van der Waals surface area contributed by atoms with E-state index in [9.17, 15) is 22.8 Å². The lowest BCUT2D eigenvalue weighted by molar-refractivity contribution is -0.151. The summed E-state index contributed by atoms with van der Waals surface area (Å²) < 4.78 is 40.8. The van der Waals surface area contributed by atoms with Gasteiger partial charge >= 0.3 is 12.1 Å². The molecule has 15 heteroatoms. The molecule has 2 aliphatic rings. The number of benzene rings is 2. The third-order valence-electron chi connectivity index (χ3n) is 9.00. The maximum absolute atomic E-state index is 13.7. The van der Waals surface area contributed by atoms with Crippen molar-refractivity contribution in [3.63, 3.8) is 0 Å². The fourth-order valence-corrected chi connectivity index (χ4v) is 7.99. The highest BCUT2D eigenvalue weighted by atomic mass is 32.2. The topological polar surface area (TPSA) is 166 Å². The average molecular weight is 696 g/mol. The highest BCUT2D eigenvalue weighted by Gasteiger charge is 2.45. The molecule has 0 radical (unpaired) electrons. The summed E-state index contributed by atoms with van der Waals surface area (Å²) in [6, 6.07) is 13.1. The van der Waals surface area contributed by atoms with Gasteiger partial charge in [-0.3, -0.25) is 4.79 Å². The van der Waals surface area contributed by atoms with Crippen LogP contribution in [-0.2, 0) is 41.0 Å². The molecule has 0 saturated carbocycles. The summed E-state index contributed by atoms with van der Waals surface area (Å²) >= 11 is 0. The second kappa shape index (κ2) is 14.2. The number of carbonyl (C=O) groups is 3. The molecule has 3 heterocycles. The molecular formula is C34H45N7O7S. The number of aryl methyl sites for hydroxylation is 1. The summed E-state index contributed by atoms with van der Waals surface area (Å²) in [4.78, 5) is 40.6. The van der Waals surface area contributed by atoms with Crippen LogP contribution in [0, 0.1) is 12.8 Å². The summed E-state index contributed by atoms with van der Waals surface area (Å²) in [5.41, 5.74) is 0.287. The van der Waals surface area contributed by atoms with E-state index in [1.165, 1.54) is 16.1 Å². The number of nitrogens with one attached hydrogen (secondary N) is 1. The Hall–Kier alpha value is -4.37. The van der Waals surface area contributed by atoms with Crippen molar-refractivity contribution in [1.82, 2.24) is 29.4 Å². The first-order valence-electron chi connectivity index (χ1n) is 16.5. The van der Waals surface area contributed by atoms with Crippen molar-refractivity contribution in [2.75, 3.05) is 32.1 Å². The number of piperidine rings is 1. The van der Waals surface area contributed by atoms with Gasteiger partial charge in [0.05, 0.1) is 18.0 Å². The van der Waals surface area contributed by atoms with Gasteiger partial charge in [0.2, 0.25) is 15.9 Å². The largest absolute Gasteiger partial charge is 0.467 e. The van der Waals surface area contributed by atoms with E-state index in [1.54, 1.807) is 60.4 Å². The van der Waals surface area contributed by atoms with Crippen LogP contribution in [0.25, 0.3) is 0 Å². The van der Waals surface area contributed by atoms with E-state index in [1.807, 2.05) is 27.7 Å². The highest BCUT2D eigenvalue weighted by Crippen LogP contribution is 2.38. The summed E-state index contributed by atoms with van der Waals surface area (Å²) in [6.07, 6.45) is 1.90. The van der Waals surface area contributed by atoms with Gasteiger partial charge in [0.25, 0.3) is 0 Å². The number of sulfonamides is 1. The lowest BCUT2D eigenvalue weighted by Crippen LogP contribution is -2.45. The van der Waals surface area contributed by atoms with E-state index in [2.05, 4.69) is 20.8 Å². The Morgan fingerprint density at radius 1 is 0.939 bits per heavy atom. The average Bonchev–Trinajstić information content (AvgIpc) is 3.76.